The molecular weight excluding hydrogens is 775 g/mol. The molecule has 2 saturated carbocycles. The molecule has 1 saturated heterocycles. The molecule has 5 rings (SSSR count). The van der Waals surface area contributed by atoms with Crippen LogP contribution >= 0.6 is 13.5 Å². The quantitative estimate of drug-likeness (QED) is 0.0688. The Labute approximate surface area is 363 Å². The third-order valence-corrected chi connectivity index (χ3v) is 12.1. The minimum Gasteiger partial charge on any atom is -0.497 e. The molecule has 2 heterocycles. The molecule has 59 heavy (non-hydrogen) atoms. The van der Waals surface area contributed by atoms with Gasteiger partial charge in [-0.1, -0.05) is 51.3 Å². The molecule has 5 atom stereocenters. The summed E-state index contributed by atoms with van der Waals surface area (Å²) >= 11 is 0. The number of nitrogens with one attached hydrogen (secondary N) is 1. The average molecular weight is 858 g/mol. The molecule has 1 aromatic carbocycles. The average Bonchev–Trinajstić information content (AvgIpc) is 3.70. The molecule has 0 bridgehead atoms. The lowest BCUT2D eigenvalue weighted by Crippen LogP contribution is -2.40. The minimum atomic E-state index is -0.838. The number of rotatable bonds is 25. The Morgan fingerprint density at radius 2 is 1.90 bits per heavy atom. The molecule has 2 aliphatic carbocycles. The number of anilines is 1. The maximum atomic E-state index is 11.5. The van der Waals surface area contributed by atoms with Gasteiger partial charge in [-0.2, -0.15) is 13.5 Å². The summed E-state index contributed by atoms with van der Waals surface area (Å²) in [7, 11) is 3.96. The van der Waals surface area contributed by atoms with Gasteiger partial charge in [-0.25, -0.2) is 0 Å². The topological polar surface area (TPSA) is 228 Å². The van der Waals surface area contributed by atoms with E-state index >= 15 is 0 Å². The molecule has 344 valence electrons. The Kier molecular flexibility index (Phi) is 23.9. The maximum Gasteiger partial charge on any atom is 0.238 e. The zero-order valence-corrected chi connectivity index (χ0v) is 37.5. The lowest BCUT2D eigenvalue weighted by atomic mass is 9.84. The fourth-order valence-electron chi connectivity index (χ4n) is 8.40. The minimum absolute atomic E-state index is 0. The van der Waals surface area contributed by atoms with Crippen LogP contribution in [-0.2, 0) is 23.7 Å². The first-order valence-corrected chi connectivity index (χ1v) is 20.8. The van der Waals surface area contributed by atoms with Gasteiger partial charge in [-0.3, -0.25) is 15.0 Å². The highest BCUT2D eigenvalue weighted by molar-refractivity contribution is 7.59. The van der Waals surface area contributed by atoms with E-state index in [4.69, 9.17) is 35.2 Å². The third kappa shape index (κ3) is 15.3. The number of carbonyl (C=O) groups is 1. The number of likely N-dealkylation sites (tertiary alicyclic amines) is 1. The van der Waals surface area contributed by atoms with Crippen molar-refractivity contribution in [1.82, 2.24) is 10.2 Å². The molecule has 0 radical (unpaired) electrons. The van der Waals surface area contributed by atoms with Crippen LogP contribution in [0, 0.1) is 17.8 Å². The first-order chi connectivity index (χ1) is 26.5. The number of unbranched alkanes of at least 4 members (excludes halogenated alkanes) is 3. The molecular formula is C44H83N5O9S. The Balaban J connectivity index is 0. The second-order valence-electron chi connectivity index (χ2n) is 17.0. The molecule has 1 spiro atoms. The normalized spacial score (nSPS) is 24.3. The molecule has 3 fully saturated rings. The summed E-state index contributed by atoms with van der Waals surface area (Å²) in [6.45, 7) is 14.9. The second kappa shape index (κ2) is 25.9. The number of methoxy groups -OCH3 is 1. The smallest absolute Gasteiger partial charge is 0.238 e. The van der Waals surface area contributed by atoms with Crippen LogP contribution in [0.3, 0.4) is 0 Å². The van der Waals surface area contributed by atoms with Gasteiger partial charge in [-0.15, -0.1) is 6.58 Å². The fourth-order valence-corrected chi connectivity index (χ4v) is 8.40. The Bertz CT molecular complexity index is 1490. The van der Waals surface area contributed by atoms with Crippen molar-refractivity contribution in [2.45, 2.75) is 121 Å². The molecule has 1 amide bonds. The molecule has 0 unspecified atom stereocenters. The zero-order chi connectivity index (χ0) is 39.4. The standard InChI is InChI=1S/C44H71N5O6.3H2O.H2S.2H2/c1-7-37-24-43(21-20-39(33(4)55-43)40-22-38(51-6)18-19-41(40)48(5)25-34-14-13-15-34)28-49(37)30-52-27-36(47-29-54-31-53-26-32(2)3)17-12-10-8-9-11-16-35-23-44(35,46)42(45)50;;;;;;/h7,11,16,18-19,22,32,34-37,47H,1,8-10,12-15,17,20-21,23-31,46H2,2-6H3,(H2,45,50);4*1H2;2*1H/b16-11-;;;;;;/t35-,36+,37-,43-,44-;;;;;;/m1....../s1. The third-order valence-electron chi connectivity index (χ3n) is 12.1. The van der Waals surface area contributed by atoms with Gasteiger partial charge in [0.1, 0.15) is 23.7 Å². The van der Waals surface area contributed by atoms with Crippen LogP contribution in [0.1, 0.15) is 106 Å². The Morgan fingerprint density at radius 3 is 2.53 bits per heavy atom. The number of hydrogen-bond acceptors (Lipinski definition) is 10. The van der Waals surface area contributed by atoms with Gasteiger partial charge < -0.3 is 56.5 Å². The predicted octanol–water partition coefficient (Wildman–Crippen LogP) is 4.85. The number of hydrogen-bond donors (Lipinski definition) is 3. The van der Waals surface area contributed by atoms with Crippen molar-refractivity contribution < 1.29 is 47.8 Å². The van der Waals surface area contributed by atoms with Crippen molar-refractivity contribution in [2.75, 3.05) is 65.6 Å². The first-order valence-electron chi connectivity index (χ1n) is 20.8. The van der Waals surface area contributed by atoms with E-state index in [0.717, 1.165) is 81.9 Å². The van der Waals surface area contributed by atoms with E-state index in [9.17, 15) is 4.79 Å². The summed E-state index contributed by atoms with van der Waals surface area (Å²) < 4.78 is 30.4. The fraction of sp³-hybridized carbons (Fsp3) is 0.705. The van der Waals surface area contributed by atoms with Crippen LogP contribution in [0.4, 0.5) is 5.69 Å². The number of benzene rings is 1. The number of nitrogens with two attached hydrogens (primary N) is 2. The van der Waals surface area contributed by atoms with E-state index in [-0.39, 0.29) is 63.2 Å². The van der Waals surface area contributed by atoms with E-state index in [1.165, 1.54) is 36.1 Å². The van der Waals surface area contributed by atoms with Gasteiger partial charge in [0.2, 0.25) is 5.91 Å². The predicted molar refractivity (Wildman–Crippen MR) is 246 cm³/mol. The van der Waals surface area contributed by atoms with Crippen molar-refractivity contribution in [2.24, 2.45) is 29.2 Å². The summed E-state index contributed by atoms with van der Waals surface area (Å²) in [6, 6.07) is 6.80. The van der Waals surface area contributed by atoms with E-state index in [1.54, 1.807) is 7.11 Å². The SMILES string of the molecule is C=C[C@@H]1C[C@]2(CCC(c3cc(OC)ccc3N(C)CC3CCC3)=C(C)O2)CN1COC[C@H](CCCCC/C=C\[C@@H]1C[C@]1(N)C(N)=O)NCOCOCC(C)C.O.O.O.S.[HH].[HH]. The van der Waals surface area contributed by atoms with Crippen LogP contribution in [0.5, 0.6) is 5.75 Å². The lowest BCUT2D eigenvalue weighted by molar-refractivity contribution is -0.120. The molecule has 4 aliphatic rings. The van der Waals surface area contributed by atoms with Crippen molar-refractivity contribution >= 4 is 30.7 Å². The maximum absolute atomic E-state index is 11.5. The monoisotopic (exact) mass is 858 g/mol. The summed E-state index contributed by atoms with van der Waals surface area (Å²) in [4.78, 5) is 16.3. The van der Waals surface area contributed by atoms with Gasteiger partial charge in [0.15, 0.2) is 0 Å². The van der Waals surface area contributed by atoms with Crippen molar-refractivity contribution in [3.8, 4) is 5.75 Å². The molecule has 2 aliphatic heterocycles. The number of carbonyl (C=O) groups excluding carboxylic acids is 1. The van der Waals surface area contributed by atoms with Crippen molar-refractivity contribution in [3.63, 3.8) is 0 Å². The van der Waals surface area contributed by atoms with E-state index in [0.29, 0.717) is 39.0 Å². The highest BCUT2D eigenvalue weighted by atomic mass is 32.1. The largest absolute Gasteiger partial charge is 0.497 e. The van der Waals surface area contributed by atoms with E-state index < -0.39 is 11.4 Å². The summed E-state index contributed by atoms with van der Waals surface area (Å²) in [6.07, 6.45) is 18.9. The van der Waals surface area contributed by atoms with Gasteiger partial charge in [0.05, 0.1) is 39.5 Å². The molecule has 0 aromatic heterocycles. The summed E-state index contributed by atoms with van der Waals surface area (Å²) in [5.41, 5.74) is 14.1. The summed E-state index contributed by atoms with van der Waals surface area (Å²) in [5.74, 6) is 2.80. The highest BCUT2D eigenvalue weighted by Crippen LogP contribution is 2.46. The van der Waals surface area contributed by atoms with Gasteiger partial charge in [0, 0.05) is 58.7 Å². The van der Waals surface area contributed by atoms with Crippen molar-refractivity contribution in [3.05, 3.63) is 54.3 Å². The van der Waals surface area contributed by atoms with Crippen LogP contribution in [0.2, 0.25) is 0 Å². The molecule has 11 N–H and O–H groups in total. The van der Waals surface area contributed by atoms with Crippen LogP contribution in [-0.4, -0.2) is 111 Å². The number of ether oxygens (including phenoxy) is 5. The number of nitrogens with zero attached hydrogens (tertiary/aromatic N) is 2. The Morgan fingerprint density at radius 1 is 1.14 bits per heavy atom. The Hall–Kier alpha value is -2.70. The van der Waals surface area contributed by atoms with Crippen LogP contribution in [0.25, 0.3) is 5.57 Å². The second-order valence-corrected chi connectivity index (χ2v) is 17.0. The summed E-state index contributed by atoms with van der Waals surface area (Å²) in [5, 5.41) is 3.54. The molecule has 14 nitrogen and oxygen atoms in total. The first kappa shape index (κ1) is 54.3. The van der Waals surface area contributed by atoms with Crippen LogP contribution < -0.4 is 26.4 Å². The van der Waals surface area contributed by atoms with Gasteiger partial charge in [-0.05, 0) is 93.9 Å². The highest BCUT2D eigenvalue weighted by Gasteiger charge is 2.54. The molecule has 15 heteroatoms. The lowest BCUT2D eigenvalue weighted by Gasteiger charge is -2.38. The van der Waals surface area contributed by atoms with Gasteiger partial charge in [0.25, 0.3) is 0 Å². The molecule has 1 aromatic rings. The number of amides is 1. The van der Waals surface area contributed by atoms with Crippen molar-refractivity contribution in [1.29, 1.82) is 0 Å². The number of allylic oxidation sites excluding steroid dienone is 3. The van der Waals surface area contributed by atoms with E-state index in [1.807, 2.05) is 6.08 Å². The zero-order valence-electron chi connectivity index (χ0n) is 36.5. The van der Waals surface area contributed by atoms with Gasteiger partial charge >= 0.3 is 0 Å². The van der Waals surface area contributed by atoms with E-state index in [2.05, 4.69) is 79.9 Å². The number of primary amides is 1. The van der Waals surface area contributed by atoms with Crippen LogP contribution in [0.15, 0.2) is 48.8 Å².